The van der Waals surface area contributed by atoms with Crippen molar-refractivity contribution >= 4 is 17.8 Å². The first-order valence-corrected chi connectivity index (χ1v) is 8.15. The second-order valence-corrected chi connectivity index (χ2v) is 6.35. The minimum atomic E-state index is -0.506. The Bertz CT molecular complexity index is 499. The lowest BCUT2D eigenvalue weighted by Gasteiger charge is -2.37. The van der Waals surface area contributed by atoms with Gasteiger partial charge in [-0.05, 0) is 12.8 Å². The Morgan fingerprint density at radius 2 is 1.91 bits per heavy atom. The second-order valence-electron chi connectivity index (χ2n) is 6.35. The number of imide groups is 1. The summed E-state index contributed by atoms with van der Waals surface area (Å²) in [5.41, 5.74) is 0. The van der Waals surface area contributed by atoms with Gasteiger partial charge >= 0.3 is 6.03 Å². The lowest BCUT2D eigenvalue weighted by molar-refractivity contribution is -0.140. The van der Waals surface area contributed by atoms with Crippen molar-refractivity contribution in [1.29, 1.82) is 0 Å². The van der Waals surface area contributed by atoms with Crippen LogP contribution in [-0.4, -0.2) is 64.8 Å². The van der Waals surface area contributed by atoms with E-state index in [1.807, 2.05) is 0 Å². The molecule has 2 aliphatic heterocycles. The van der Waals surface area contributed by atoms with Crippen LogP contribution >= 0.6 is 0 Å². The predicted octanol–water partition coefficient (Wildman–Crippen LogP) is 1.23. The third-order valence-electron chi connectivity index (χ3n) is 4.99. The summed E-state index contributed by atoms with van der Waals surface area (Å²) in [5, 5.41) is 0. The molecule has 0 aromatic rings. The van der Waals surface area contributed by atoms with E-state index in [0.717, 1.165) is 25.7 Å². The Hall–Kier alpha value is -1.85. The summed E-state index contributed by atoms with van der Waals surface area (Å²) in [6.07, 6.45) is 6.91. The van der Waals surface area contributed by atoms with Crippen LogP contribution in [0.1, 0.15) is 32.1 Å². The number of carbonyl (C=O) groups excluding carboxylic acids is 3. The molecule has 1 unspecified atom stereocenters. The second kappa shape index (κ2) is 6.10. The van der Waals surface area contributed by atoms with Crippen molar-refractivity contribution in [1.82, 2.24) is 14.7 Å². The molecule has 0 bridgehead atoms. The molecule has 2 saturated heterocycles. The average Bonchev–Trinajstić information content (AvgIpc) is 2.80. The summed E-state index contributed by atoms with van der Waals surface area (Å²) in [4.78, 5) is 41.8. The number of rotatable bonds is 3. The summed E-state index contributed by atoms with van der Waals surface area (Å²) < 4.78 is 0. The maximum absolute atomic E-state index is 12.6. The molecular formula is C16H23N3O3. The number of piperazine rings is 1. The van der Waals surface area contributed by atoms with Crippen molar-refractivity contribution in [3.63, 3.8) is 0 Å². The predicted molar refractivity (Wildman–Crippen MR) is 81.0 cm³/mol. The molecule has 0 aromatic carbocycles. The molecule has 2 heterocycles. The molecule has 6 nitrogen and oxygen atoms in total. The molecular weight excluding hydrogens is 282 g/mol. The molecule has 3 fully saturated rings. The van der Waals surface area contributed by atoms with Gasteiger partial charge in [-0.1, -0.05) is 25.3 Å². The zero-order valence-electron chi connectivity index (χ0n) is 12.9. The number of hydrogen-bond acceptors (Lipinski definition) is 3. The van der Waals surface area contributed by atoms with E-state index in [0.29, 0.717) is 19.6 Å². The van der Waals surface area contributed by atoms with Gasteiger partial charge in [-0.25, -0.2) is 4.79 Å². The van der Waals surface area contributed by atoms with E-state index in [1.165, 1.54) is 11.3 Å². The zero-order valence-corrected chi connectivity index (χ0v) is 12.9. The monoisotopic (exact) mass is 305 g/mol. The Balaban J connectivity index is 1.68. The first-order chi connectivity index (χ1) is 10.6. The van der Waals surface area contributed by atoms with Crippen LogP contribution < -0.4 is 0 Å². The SMILES string of the molecule is C=CCN1C(=O)C2CN(C(=O)C3CCCCC3)CCN2C1=O. The standard InChI is InChI=1S/C16H23N3O3/c1-2-8-19-15(21)13-11-17(9-10-18(13)16(19)22)14(20)12-6-4-3-5-7-12/h2,12-13H,1,3-11H2. The zero-order chi connectivity index (χ0) is 15.7. The van der Waals surface area contributed by atoms with E-state index in [9.17, 15) is 14.4 Å². The average molecular weight is 305 g/mol. The smallest absolute Gasteiger partial charge is 0.327 e. The Kier molecular flexibility index (Phi) is 4.18. The lowest BCUT2D eigenvalue weighted by Crippen LogP contribution is -2.55. The Labute approximate surface area is 130 Å². The highest BCUT2D eigenvalue weighted by atomic mass is 16.2. The van der Waals surface area contributed by atoms with Gasteiger partial charge in [-0.15, -0.1) is 6.58 Å². The Morgan fingerprint density at radius 3 is 2.59 bits per heavy atom. The number of urea groups is 1. The summed E-state index contributed by atoms with van der Waals surface area (Å²) in [5.74, 6) is 0.0737. The van der Waals surface area contributed by atoms with Gasteiger partial charge in [0.25, 0.3) is 5.91 Å². The van der Waals surface area contributed by atoms with Gasteiger partial charge in [0.05, 0.1) is 6.54 Å². The molecule has 120 valence electrons. The fourth-order valence-corrected chi connectivity index (χ4v) is 3.76. The van der Waals surface area contributed by atoms with Gasteiger partial charge in [-0.2, -0.15) is 0 Å². The number of hydrogen-bond donors (Lipinski definition) is 0. The summed E-state index contributed by atoms with van der Waals surface area (Å²) in [6, 6.07) is -0.756. The van der Waals surface area contributed by atoms with Crippen LogP contribution in [0.4, 0.5) is 4.79 Å². The number of fused-ring (bicyclic) bond motifs is 1. The highest BCUT2D eigenvalue weighted by molar-refractivity contribution is 6.05. The molecule has 0 N–H and O–H groups in total. The highest BCUT2D eigenvalue weighted by Crippen LogP contribution is 2.28. The molecule has 22 heavy (non-hydrogen) atoms. The van der Waals surface area contributed by atoms with Gasteiger partial charge in [0.1, 0.15) is 6.04 Å². The van der Waals surface area contributed by atoms with Gasteiger partial charge in [0, 0.05) is 25.6 Å². The number of carbonyl (C=O) groups is 3. The summed E-state index contributed by atoms with van der Waals surface area (Å²) in [6.45, 7) is 5.14. The van der Waals surface area contributed by atoms with Gasteiger partial charge < -0.3 is 9.80 Å². The summed E-state index contributed by atoms with van der Waals surface area (Å²) >= 11 is 0. The van der Waals surface area contributed by atoms with E-state index >= 15 is 0 Å². The molecule has 4 amide bonds. The van der Waals surface area contributed by atoms with Crippen LogP contribution in [0.5, 0.6) is 0 Å². The maximum atomic E-state index is 12.6. The van der Waals surface area contributed by atoms with Crippen molar-refractivity contribution in [3.05, 3.63) is 12.7 Å². The largest absolute Gasteiger partial charge is 0.338 e. The van der Waals surface area contributed by atoms with Crippen molar-refractivity contribution in [2.75, 3.05) is 26.2 Å². The topological polar surface area (TPSA) is 60.9 Å². The van der Waals surface area contributed by atoms with Gasteiger partial charge in [-0.3, -0.25) is 14.5 Å². The van der Waals surface area contributed by atoms with E-state index in [4.69, 9.17) is 0 Å². The highest BCUT2D eigenvalue weighted by Gasteiger charge is 2.48. The maximum Gasteiger partial charge on any atom is 0.327 e. The minimum absolute atomic E-state index is 0.108. The molecule has 1 aliphatic carbocycles. The third kappa shape index (κ3) is 2.51. The number of nitrogens with zero attached hydrogens (tertiary/aromatic N) is 3. The molecule has 0 radical (unpaired) electrons. The lowest BCUT2D eigenvalue weighted by atomic mass is 9.88. The fourth-order valence-electron chi connectivity index (χ4n) is 3.76. The van der Waals surface area contributed by atoms with Gasteiger partial charge in [0.2, 0.25) is 5.91 Å². The van der Waals surface area contributed by atoms with E-state index in [2.05, 4.69) is 6.58 Å². The molecule has 3 aliphatic rings. The van der Waals surface area contributed by atoms with Crippen molar-refractivity contribution in [3.8, 4) is 0 Å². The normalized spacial score (nSPS) is 26.4. The van der Waals surface area contributed by atoms with E-state index < -0.39 is 6.04 Å². The van der Waals surface area contributed by atoms with Crippen LogP contribution in [0.15, 0.2) is 12.7 Å². The molecule has 1 atom stereocenters. The van der Waals surface area contributed by atoms with Crippen LogP contribution in [0, 0.1) is 5.92 Å². The minimum Gasteiger partial charge on any atom is -0.338 e. The van der Waals surface area contributed by atoms with E-state index in [1.54, 1.807) is 15.9 Å². The van der Waals surface area contributed by atoms with Crippen LogP contribution in [-0.2, 0) is 9.59 Å². The summed E-state index contributed by atoms with van der Waals surface area (Å²) in [7, 11) is 0. The third-order valence-corrected chi connectivity index (χ3v) is 4.99. The van der Waals surface area contributed by atoms with Crippen molar-refractivity contribution in [2.45, 2.75) is 38.1 Å². The quantitative estimate of drug-likeness (QED) is 0.582. The van der Waals surface area contributed by atoms with Crippen LogP contribution in [0.2, 0.25) is 0 Å². The first-order valence-electron chi connectivity index (χ1n) is 8.15. The van der Waals surface area contributed by atoms with E-state index in [-0.39, 0.29) is 30.3 Å². The fraction of sp³-hybridized carbons (Fsp3) is 0.688. The number of amides is 4. The van der Waals surface area contributed by atoms with Crippen molar-refractivity contribution < 1.29 is 14.4 Å². The molecule has 6 heteroatoms. The molecule has 0 aromatic heterocycles. The molecule has 1 saturated carbocycles. The first kappa shape index (κ1) is 15.1. The van der Waals surface area contributed by atoms with Gasteiger partial charge in [0.15, 0.2) is 0 Å². The van der Waals surface area contributed by atoms with Crippen LogP contribution in [0.25, 0.3) is 0 Å². The van der Waals surface area contributed by atoms with Crippen molar-refractivity contribution in [2.24, 2.45) is 5.92 Å². The molecule has 3 rings (SSSR count). The molecule has 0 spiro atoms. The Morgan fingerprint density at radius 1 is 1.18 bits per heavy atom. The van der Waals surface area contributed by atoms with Crippen LogP contribution in [0.3, 0.4) is 0 Å².